The van der Waals surface area contributed by atoms with E-state index < -0.39 is 0 Å². The molecule has 0 spiro atoms. The van der Waals surface area contributed by atoms with Crippen LogP contribution in [0.25, 0.3) is 0 Å². The molecule has 1 atom stereocenters. The number of benzene rings is 1. The van der Waals surface area contributed by atoms with Gasteiger partial charge in [0.2, 0.25) is 5.91 Å². The minimum Gasteiger partial charge on any atom is -0.379 e. The molecule has 1 unspecified atom stereocenters. The monoisotopic (exact) mass is 405 g/mol. The lowest BCUT2D eigenvalue weighted by Gasteiger charge is -2.40. The van der Waals surface area contributed by atoms with Crippen molar-refractivity contribution in [3.63, 3.8) is 0 Å². The maximum Gasteiger partial charge on any atom is 0.226 e. The molecule has 0 aromatic heterocycles. The molecule has 3 fully saturated rings. The Bertz CT molecular complexity index is 644. The van der Waals surface area contributed by atoms with Crippen molar-refractivity contribution in [3.8, 4) is 0 Å². The molecular formula is C22H32ClN3O2. The third-order valence-corrected chi connectivity index (χ3v) is 6.46. The van der Waals surface area contributed by atoms with Crippen molar-refractivity contribution in [1.29, 1.82) is 0 Å². The maximum atomic E-state index is 13.0. The highest BCUT2D eigenvalue weighted by Gasteiger charge is 2.37. The van der Waals surface area contributed by atoms with Gasteiger partial charge in [-0.3, -0.25) is 14.6 Å². The molecule has 3 aliphatic rings. The summed E-state index contributed by atoms with van der Waals surface area (Å²) in [5, 5.41) is 0.782. The maximum absolute atomic E-state index is 13.0. The third-order valence-electron chi connectivity index (χ3n) is 6.21. The van der Waals surface area contributed by atoms with E-state index in [2.05, 4.69) is 26.8 Å². The second kappa shape index (κ2) is 9.57. The van der Waals surface area contributed by atoms with Crippen LogP contribution in [0.5, 0.6) is 0 Å². The molecule has 1 amide bonds. The van der Waals surface area contributed by atoms with Crippen LogP contribution in [0, 0.1) is 5.92 Å². The van der Waals surface area contributed by atoms with Gasteiger partial charge >= 0.3 is 0 Å². The summed E-state index contributed by atoms with van der Waals surface area (Å²) < 4.78 is 5.46. The number of piperidine rings is 1. The lowest BCUT2D eigenvalue weighted by molar-refractivity contribution is -0.136. The number of hydrogen-bond acceptors (Lipinski definition) is 4. The Hall–Kier alpha value is -1.14. The molecule has 6 heteroatoms. The standard InChI is InChI=1S/C22H32ClN3O2/c23-20-7-3-18(4-8-20)16-25-9-1-2-21(17-25)26(22(27)19-5-6-19)11-10-24-12-14-28-15-13-24/h3-4,7-8,19,21H,1-2,5-6,9-17H2. The number of hydrogen-bond donors (Lipinski definition) is 0. The van der Waals surface area contributed by atoms with E-state index in [1.54, 1.807) is 0 Å². The van der Waals surface area contributed by atoms with E-state index in [1.807, 2.05) is 12.1 Å². The molecule has 1 aromatic rings. The Kier molecular flexibility index (Phi) is 6.89. The molecule has 1 aliphatic carbocycles. The molecular weight excluding hydrogens is 374 g/mol. The van der Waals surface area contributed by atoms with Gasteiger partial charge < -0.3 is 9.64 Å². The zero-order valence-electron chi connectivity index (χ0n) is 16.7. The summed E-state index contributed by atoms with van der Waals surface area (Å²) in [7, 11) is 0. The van der Waals surface area contributed by atoms with Crippen molar-refractivity contribution in [2.45, 2.75) is 38.3 Å². The Labute approximate surface area is 173 Å². The molecule has 1 saturated carbocycles. The van der Waals surface area contributed by atoms with Gasteiger partial charge in [0.05, 0.1) is 13.2 Å². The summed E-state index contributed by atoms with van der Waals surface area (Å²) in [6, 6.07) is 8.48. The average molecular weight is 406 g/mol. The summed E-state index contributed by atoms with van der Waals surface area (Å²) >= 11 is 6.02. The normalized spacial score (nSPS) is 24.2. The van der Waals surface area contributed by atoms with E-state index in [9.17, 15) is 4.79 Å². The van der Waals surface area contributed by atoms with E-state index in [0.717, 1.165) is 89.7 Å². The first kappa shape index (κ1) is 20.1. The van der Waals surface area contributed by atoms with Crippen LogP contribution in [0.15, 0.2) is 24.3 Å². The molecule has 5 nitrogen and oxygen atoms in total. The van der Waals surface area contributed by atoms with Crippen molar-refractivity contribution in [1.82, 2.24) is 14.7 Å². The second-order valence-electron chi connectivity index (χ2n) is 8.42. The molecule has 1 aromatic carbocycles. The summed E-state index contributed by atoms with van der Waals surface area (Å²) in [5.41, 5.74) is 1.29. The first-order valence-corrected chi connectivity index (χ1v) is 11.1. The van der Waals surface area contributed by atoms with E-state index in [1.165, 1.54) is 5.56 Å². The third kappa shape index (κ3) is 5.47. The van der Waals surface area contributed by atoms with Gasteiger partial charge in [0.25, 0.3) is 0 Å². The van der Waals surface area contributed by atoms with Gasteiger partial charge in [-0.05, 0) is 49.9 Å². The van der Waals surface area contributed by atoms with E-state index in [0.29, 0.717) is 11.9 Å². The quantitative estimate of drug-likeness (QED) is 0.698. The summed E-state index contributed by atoms with van der Waals surface area (Å²) in [6.45, 7) is 8.44. The fourth-order valence-corrected chi connectivity index (χ4v) is 4.51. The van der Waals surface area contributed by atoms with Gasteiger partial charge in [0.1, 0.15) is 0 Å². The largest absolute Gasteiger partial charge is 0.379 e. The molecule has 2 saturated heterocycles. The highest BCUT2D eigenvalue weighted by molar-refractivity contribution is 6.30. The van der Waals surface area contributed by atoms with E-state index in [-0.39, 0.29) is 5.92 Å². The summed E-state index contributed by atoms with van der Waals surface area (Å²) in [4.78, 5) is 20.2. The van der Waals surface area contributed by atoms with Gasteiger partial charge in [0.15, 0.2) is 0 Å². The molecule has 2 heterocycles. The Morgan fingerprint density at radius 2 is 1.82 bits per heavy atom. The SMILES string of the molecule is O=C(C1CC1)N(CCN1CCOCC1)C1CCCN(Cc2ccc(Cl)cc2)C1. The van der Waals surface area contributed by atoms with Crippen LogP contribution in [0.2, 0.25) is 5.02 Å². The number of likely N-dealkylation sites (tertiary alicyclic amines) is 1. The van der Waals surface area contributed by atoms with Gasteiger partial charge in [-0.2, -0.15) is 0 Å². The molecule has 0 bridgehead atoms. The fourth-order valence-electron chi connectivity index (χ4n) is 4.39. The van der Waals surface area contributed by atoms with Crippen LogP contribution in [-0.2, 0) is 16.1 Å². The van der Waals surface area contributed by atoms with Gasteiger partial charge in [0, 0.05) is 56.3 Å². The van der Waals surface area contributed by atoms with Crippen molar-refractivity contribution in [2.24, 2.45) is 5.92 Å². The number of halogens is 1. The molecule has 4 rings (SSSR count). The van der Waals surface area contributed by atoms with Crippen LogP contribution in [0.4, 0.5) is 0 Å². The van der Waals surface area contributed by atoms with Crippen molar-refractivity contribution < 1.29 is 9.53 Å². The predicted octanol–water partition coefficient (Wildman–Crippen LogP) is 2.88. The number of rotatable bonds is 7. The zero-order valence-corrected chi connectivity index (χ0v) is 17.4. The topological polar surface area (TPSA) is 36.0 Å². The number of ether oxygens (including phenoxy) is 1. The zero-order chi connectivity index (χ0) is 19.3. The summed E-state index contributed by atoms with van der Waals surface area (Å²) in [6.07, 6.45) is 4.44. The van der Waals surface area contributed by atoms with E-state index >= 15 is 0 Å². The van der Waals surface area contributed by atoms with Crippen molar-refractivity contribution in [3.05, 3.63) is 34.9 Å². The van der Waals surface area contributed by atoms with Gasteiger partial charge in [-0.15, -0.1) is 0 Å². The minimum atomic E-state index is 0.288. The molecule has 2 aliphatic heterocycles. The lowest BCUT2D eigenvalue weighted by Crippen LogP contribution is -2.53. The van der Waals surface area contributed by atoms with E-state index in [4.69, 9.17) is 16.3 Å². The van der Waals surface area contributed by atoms with Crippen molar-refractivity contribution >= 4 is 17.5 Å². The Morgan fingerprint density at radius 3 is 2.54 bits per heavy atom. The van der Waals surface area contributed by atoms with Crippen LogP contribution in [0.3, 0.4) is 0 Å². The van der Waals surface area contributed by atoms with Crippen LogP contribution in [-0.4, -0.2) is 79.1 Å². The van der Waals surface area contributed by atoms with Crippen LogP contribution >= 0.6 is 11.6 Å². The molecule has 154 valence electrons. The van der Waals surface area contributed by atoms with Crippen LogP contribution in [0.1, 0.15) is 31.2 Å². The van der Waals surface area contributed by atoms with Crippen molar-refractivity contribution in [2.75, 3.05) is 52.5 Å². The molecule has 28 heavy (non-hydrogen) atoms. The fraction of sp³-hybridized carbons (Fsp3) is 0.682. The lowest BCUT2D eigenvalue weighted by atomic mass is 10.0. The predicted molar refractivity (Wildman–Crippen MR) is 111 cm³/mol. The smallest absolute Gasteiger partial charge is 0.226 e. The Balaban J connectivity index is 1.36. The highest BCUT2D eigenvalue weighted by Crippen LogP contribution is 2.32. The van der Waals surface area contributed by atoms with Gasteiger partial charge in [-0.1, -0.05) is 23.7 Å². The number of carbonyl (C=O) groups excluding carboxylic acids is 1. The minimum absolute atomic E-state index is 0.288. The first-order chi connectivity index (χ1) is 13.7. The van der Waals surface area contributed by atoms with Crippen LogP contribution < -0.4 is 0 Å². The highest BCUT2D eigenvalue weighted by atomic mass is 35.5. The summed E-state index contributed by atoms with van der Waals surface area (Å²) in [5.74, 6) is 0.683. The van der Waals surface area contributed by atoms with Gasteiger partial charge in [-0.25, -0.2) is 0 Å². The first-order valence-electron chi connectivity index (χ1n) is 10.8. The second-order valence-corrected chi connectivity index (χ2v) is 8.85. The average Bonchev–Trinajstić information content (AvgIpc) is 3.56. The molecule has 0 radical (unpaired) electrons. The molecule has 0 N–H and O–H groups in total. The number of amides is 1. The number of carbonyl (C=O) groups is 1. The number of nitrogens with zero attached hydrogens (tertiary/aromatic N) is 3. The Morgan fingerprint density at radius 1 is 1.07 bits per heavy atom. The number of morpholine rings is 1.